The first-order valence-electron chi connectivity index (χ1n) is 6.24. The number of Topliss-reactive ketones (excluding diaryl/α,β-unsaturated/α-hetero) is 1. The van der Waals surface area contributed by atoms with Crippen LogP contribution in [-0.2, 0) is 0 Å². The van der Waals surface area contributed by atoms with Gasteiger partial charge in [0.1, 0.15) is 6.33 Å². The molecule has 3 nitrogen and oxygen atoms in total. The molecular formula is C15H14N2O. The molecule has 1 aliphatic rings. The molecule has 1 aliphatic carbocycles. The van der Waals surface area contributed by atoms with Gasteiger partial charge in [0.25, 0.3) is 0 Å². The standard InChI is InChI=1S/C15H14N2O/c18-15(12-2-1-3-12)13-6-4-11(5-7-13)14-8-16-10-17-9-14/h4-10,12H,1-3H2. The summed E-state index contributed by atoms with van der Waals surface area (Å²) in [5.41, 5.74) is 2.83. The Kier molecular flexibility index (Phi) is 2.89. The number of benzene rings is 1. The molecule has 90 valence electrons. The van der Waals surface area contributed by atoms with Crippen molar-refractivity contribution >= 4 is 5.78 Å². The normalized spacial score (nSPS) is 15.1. The lowest BCUT2D eigenvalue weighted by Crippen LogP contribution is -2.21. The highest BCUT2D eigenvalue weighted by atomic mass is 16.1. The SMILES string of the molecule is O=C(c1ccc(-c2cncnc2)cc1)C1CCC1. The van der Waals surface area contributed by atoms with Crippen LogP contribution in [0.1, 0.15) is 29.6 Å². The van der Waals surface area contributed by atoms with Crippen LogP contribution in [0.4, 0.5) is 0 Å². The van der Waals surface area contributed by atoms with Crippen molar-refractivity contribution in [3.05, 3.63) is 48.5 Å². The van der Waals surface area contributed by atoms with Gasteiger partial charge in [0.2, 0.25) is 0 Å². The van der Waals surface area contributed by atoms with Crippen LogP contribution in [0.2, 0.25) is 0 Å². The highest BCUT2D eigenvalue weighted by Crippen LogP contribution is 2.30. The van der Waals surface area contributed by atoms with Crippen molar-refractivity contribution in [1.29, 1.82) is 0 Å². The maximum absolute atomic E-state index is 12.1. The maximum atomic E-state index is 12.1. The minimum Gasteiger partial charge on any atom is -0.294 e. The summed E-state index contributed by atoms with van der Waals surface area (Å²) >= 11 is 0. The Balaban J connectivity index is 1.83. The molecule has 0 radical (unpaired) electrons. The van der Waals surface area contributed by atoms with E-state index in [1.165, 1.54) is 12.7 Å². The van der Waals surface area contributed by atoms with E-state index >= 15 is 0 Å². The van der Waals surface area contributed by atoms with Gasteiger partial charge in [0.15, 0.2) is 5.78 Å². The van der Waals surface area contributed by atoms with Gasteiger partial charge in [-0.25, -0.2) is 9.97 Å². The van der Waals surface area contributed by atoms with Gasteiger partial charge in [-0.2, -0.15) is 0 Å². The van der Waals surface area contributed by atoms with Crippen LogP contribution in [0.15, 0.2) is 43.0 Å². The first-order valence-corrected chi connectivity index (χ1v) is 6.24. The van der Waals surface area contributed by atoms with Crippen LogP contribution < -0.4 is 0 Å². The van der Waals surface area contributed by atoms with Crippen LogP contribution in [0, 0.1) is 5.92 Å². The van der Waals surface area contributed by atoms with E-state index in [1.807, 2.05) is 24.3 Å². The van der Waals surface area contributed by atoms with Gasteiger partial charge in [0, 0.05) is 29.4 Å². The van der Waals surface area contributed by atoms with Gasteiger partial charge >= 0.3 is 0 Å². The second-order valence-electron chi connectivity index (χ2n) is 4.70. The third-order valence-electron chi connectivity index (χ3n) is 3.54. The van der Waals surface area contributed by atoms with Gasteiger partial charge in [-0.1, -0.05) is 30.7 Å². The Labute approximate surface area is 106 Å². The van der Waals surface area contributed by atoms with E-state index < -0.39 is 0 Å². The third kappa shape index (κ3) is 2.04. The molecule has 1 saturated carbocycles. The number of rotatable bonds is 3. The number of ketones is 1. The Morgan fingerprint density at radius 3 is 2.22 bits per heavy atom. The topological polar surface area (TPSA) is 42.9 Å². The van der Waals surface area contributed by atoms with E-state index in [-0.39, 0.29) is 11.7 Å². The smallest absolute Gasteiger partial charge is 0.165 e. The summed E-state index contributed by atoms with van der Waals surface area (Å²) in [4.78, 5) is 20.0. The quantitative estimate of drug-likeness (QED) is 0.771. The fraction of sp³-hybridized carbons (Fsp3) is 0.267. The zero-order valence-corrected chi connectivity index (χ0v) is 10.0. The van der Waals surface area contributed by atoms with Gasteiger partial charge < -0.3 is 0 Å². The van der Waals surface area contributed by atoms with Crippen LogP contribution in [0.25, 0.3) is 11.1 Å². The molecule has 0 saturated heterocycles. The molecule has 1 aromatic carbocycles. The summed E-state index contributed by atoms with van der Waals surface area (Å²) in [6.07, 6.45) is 8.35. The Morgan fingerprint density at radius 2 is 1.67 bits per heavy atom. The van der Waals surface area contributed by atoms with E-state index in [4.69, 9.17) is 0 Å². The summed E-state index contributed by atoms with van der Waals surface area (Å²) in [7, 11) is 0. The molecule has 1 aromatic heterocycles. The second-order valence-corrected chi connectivity index (χ2v) is 4.70. The van der Waals surface area contributed by atoms with Gasteiger partial charge in [-0.15, -0.1) is 0 Å². The van der Waals surface area contributed by atoms with Crippen molar-refractivity contribution in [3.8, 4) is 11.1 Å². The van der Waals surface area contributed by atoms with Crippen molar-refractivity contribution in [3.63, 3.8) is 0 Å². The molecule has 3 heteroatoms. The molecule has 0 amide bonds. The van der Waals surface area contributed by atoms with Crippen molar-refractivity contribution in [2.75, 3.05) is 0 Å². The largest absolute Gasteiger partial charge is 0.294 e. The fourth-order valence-corrected chi connectivity index (χ4v) is 2.18. The highest BCUT2D eigenvalue weighted by molar-refractivity contribution is 5.98. The van der Waals surface area contributed by atoms with Crippen molar-refractivity contribution in [1.82, 2.24) is 9.97 Å². The monoisotopic (exact) mass is 238 g/mol. The number of carbonyl (C=O) groups excluding carboxylic acids is 1. The number of aromatic nitrogens is 2. The lowest BCUT2D eigenvalue weighted by Gasteiger charge is -2.23. The molecule has 2 aromatic rings. The summed E-state index contributed by atoms with van der Waals surface area (Å²) in [6, 6.07) is 7.74. The predicted octanol–water partition coefficient (Wildman–Crippen LogP) is 3.13. The average molecular weight is 238 g/mol. The van der Waals surface area contributed by atoms with E-state index in [0.717, 1.165) is 29.5 Å². The predicted molar refractivity (Wildman–Crippen MR) is 69.1 cm³/mol. The van der Waals surface area contributed by atoms with Gasteiger partial charge in [-0.05, 0) is 18.4 Å². The molecular weight excluding hydrogens is 224 g/mol. The molecule has 0 aliphatic heterocycles. The van der Waals surface area contributed by atoms with Gasteiger partial charge in [-0.3, -0.25) is 4.79 Å². The molecule has 0 N–H and O–H groups in total. The molecule has 1 heterocycles. The van der Waals surface area contributed by atoms with Crippen molar-refractivity contribution in [2.45, 2.75) is 19.3 Å². The second kappa shape index (κ2) is 4.69. The number of hydrogen-bond donors (Lipinski definition) is 0. The Hall–Kier alpha value is -2.03. The molecule has 0 bridgehead atoms. The first kappa shape index (κ1) is 11.1. The molecule has 3 rings (SSSR count). The number of nitrogens with zero attached hydrogens (tertiary/aromatic N) is 2. The number of carbonyl (C=O) groups is 1. The lowest BCUT2D eigenvalue weighted by atomic mass is 9.80. The van der Waals surface area contributed by atoms with Gasteiger partial charge in [0.05, 0.1) is 0 Å². The van der Waals surface area contributed by atoms with Crippen molar-refractivity contribution < 1.29 is 4.79 Å². The number of hydrogen-bond acceptors (Lipinski definition) is 3. The molecule has 1 fully saturated rings. The van der Waals surface area contributed by atoms with E-state index in [0.29, 0.717) is 0 Å². The molecule has 18 heavy (non-hydrogen) atoms. The maximum Gasteiger partial charge on any atom is 0.165 e. The molecule has 0 unspecified atom stereocenters. The van der Waals surface area contributed by atoms with Crippen LogP contribution >= 0.6 is 0 Å². The highest BCUT2D eigenvalue weighted by Gasteiger charge is 2.25. The minimum atomic E-state index is 0.260. The summed E-state index contributed by atoms with van der Waals surface area (Å²) in [6.45, 7) is 0. The Bertz CT molecular complexity index is 544. The van der Waals surface area contributed by atoms with Crippen LogP contribution in [0.5, 0.6) is 0 Å². The average Bonchev–Trinajstić information content (AvgIpc) is 2.38. The summed E-state index contributed by atoms with van der Waals surface area (Å²) in [5.74, 6) is 0.549. The zero-order valence-electron chi connectivity index (χ0n) is 10.0. The van der Waals surface area contributed by atoms with Crippen LogP contribution in [0.3, 0.4) is 0 Å². The first-order chi connectivity index (χ1) is 8.84. The minimum absolute atomic E-state index is 0.260. The zero-order chi connectivity index (χ0) is 12.4. The Morgan fingerprint density at radius 1 is 1.00 bits per heavy atom. The summed E-state index contributed by atoms with van der Waals surface area (Å²) < 4.78 is 0. The third-order valence-corrected chi connectivity index (χ3v) is 3.54. The van der Waals surface area contributed by atoms with E-state index in [2.05, 4.69) is 9.97 Å². The van der Waals surface area contributed by atoms with Crippen LogP contribution in [-0.4, -0.2) is 15.8 Å². The van der Waals surface area contributed by atoms with Crippen molar-refractivity contribution in [2.24, 2.45) is 5.92 Å². The molecule has 0 atom stereocenters. The fourth-order valence-electron chi connectivity index (χ4n) is 2.18. The lowest BCUT2D eigenvalue weighted by molar-refractivity contribution is 0.0855. The summed E-state index contributed by atoms with van der Waals surface area (Å²) in [5, 5.41) is 0. The van der Waals surface area contributed by atoms with E-state index in [9.17, 15) is 4.79 Å². The van der Waals surface area contributed by atoms with E-state index in [1.54, 1.807) is 12.4 Å². The molecule has 0 spiro atoms.